The molecule has 0 N–H and O–H groups in total. The van der Waals surface area contributed by atoms with Crippen LogP contribution < -0.4 is 0 Å². The van der Waals surface area contributed by atoms with Crippen LogP contribution in [0, 0.1) is 0 Å². The Morgan fingerprint density at radius 2 is 2.28 bits per heavy atom. The van der Waals surface area contributed by atoms with Crippen LogP contribution in [0.3, 0.4) is 0 Å². The quantitative estimate of drug-likeness (QED) is 0.724. The molecule has 0 aromatic carbocycles. The highest BCUT2D eigenvalue weighted by atomic mass is 16.5. The maximum atomic E-state index is 12.1. The number of ether oxygens (including phenoxy) is 1. The summed E-state index contributed by atoms with van der Waals surface area (Å²) in [7, 11) is 0. The van der Waals surface area contributed by atoms with Gasteiger partial charge in [-0.05, 0) is 31.9 Å². The SMILES string of the molecule is CCOC(=O)CCN(C(=O)c1ccco1)C1CC1. The summed E-state index contributed by atoms with van der Waals surface area (Å²) >= 11 is 0. The zero-order valence-electron chi connectivity index (χ0n) is 10.4. The second kappa shape index (κ2) is 5.71. The molecule has 0 bridgehead atoms. The Labute approximate surface area is 106 Å². The van der Waals surface area contributed by atoms with Gasteiger partial charge in [0.25, 0.3) is 5.91 Å². The zero-order chi connectivity index (χ0) is 13.0. The van der Waals surface area contributed by atoms with Crippen molar-refractivity contribution in [2.24, 2.45) is 0 Å². The molecule has 18 heavy (non-hydrogen) atoms. The van der Waals surface area contributed by atoms with Crippen LogP contribution in [0.4, 0.5) is 0 Å². The molecule has 1 aromatic rings. The molecule has 1 aromatic heterocycles. The molecule has 5 nitrogen and oxygen atoms in total. The number of hydrogen-bond acceptors (Lipinski definition) is 4. The van der Waals surface area contributed by atoms with Crippen LogP contribution in [0.15, 0.2) is 22.8 Å². The van der Waals surface area contributed by atoms with E-state index >= 15 is 0 Å². The molecular formula is C13H17NO4. The number of hydrogen-bond donors (Lipinski definition) is 0. The van der Waals surface area contributed by atoms with E-state index in [1.807, 2.05) is 0 Å². The van der Waals surface area contributed by atoms with Gasteiger partial charge in [0.05, 0.1) is 19.3 Å². The minimum atomic E-state index is -0.268. The van der Waals surface area contributed by atoms with Crippen molar-refractivity contribution >= 4 is 11.9 Å². The number of carbonyl (C=O) groups excluding carboxylic acids is 2. The van der Waals surface area contributed by atoms with E-state index in [2.05, 4.69) is 0 Å². The molecule has 1 saturated carbocycles. The molecule has 1 aliphatic rings. The standard InChI is InChI=1S/C13H17NO4/c1-2-17-12(15)7-8-14(10-5-6-10)13(16)11-4-3-9-18-11/h3-4,9-10H,2,5-8H2,1H3. The molecule has 1 heterocycles. The van der Waals surface area contributed by atoms with E-state index in [1.165, 1.54) is 6.26 Å². The van der Waals surface area contributed by atoms with Gasteiger partial charge in [-0.1, -0.05) is 0 Å². The minimum Gasteiger partial charge on any atom is -0.466 e. The van der Waals surface area contributed by atoms with Crippen LogP contribution in [-0.2, 0) is 9.53 Å². The van der Waals surface area contributed by atoms with Crippen molar-refractivity contribution in [1.29, 1.82) is 0 Å². The van der Waals surface area contributed by atoms with E-state index in [1.54, 1.807) is 24.0 Å². The van der Waals surface area contributed by atoms with Gasteiger partial charge in [-0.3, -0.25) is 9.59 Å². The number of nitrogens with zero attached hydrogens (tertiary/aromatic N) is 1. The van der Waals surface area contributed by atoms with Crippen molar-refractivity contribution in [2.75, 3.05) is 13.2 Å². The maximum absolute atomic E-state index is 12.1. The van der Waals surface area contributed by atoms with Crippen molar-refractivity contribution < 1.29 is 18.7 Å². The van der Waals surface area contributed by atoms with Crippen LogP contribution in [0.2, 0.25) is 0 Å². The third kappa shape index (κ3) is 3.12. The molecule has 0 spiro atoms. The summed E-state index contributed by atoms with van der Waals surface area (Å²) in [4.78, 5) is 25.2. The predicted octanol–water partition coefficient (Wildman–Crippen LogP) is 1.84. The van der Waals surface area contributed by atoms with E-state index in [9.17, 15) is 9.59 Å². The first kappa shape index (κ1) is 12.7. The smallest absolute Gasteiger partial charge is 0.307 e. The first-order valence-corrected chi connectivity index (χ1v) is 6.22. The van der Waals surface area contributed by atoms with Crippen LogP contribution in [0.25, 0.3) is 0 Å². The van der Waals surface area contributed by atoms with Gasteiger partial charge >= 0.3 is 5.97 Å². The lowest BCUT2D eigenvalue weighted by molar-refractivity contribution is -0.143. The van der Waals surface area contributed by atoms with Gasteiger partial charge in [0.1, 0.15) is 0 Å². The Bertz CT molecular complexity index is 409. The highest BCUT2D eigenvalue weighted by Crippen LogP contribution is 2.28. The highest BCUT2D eigenvalue weighted by Gasteiger charge is 2.34. The molecule has 1 amide bonds. The fourth-order valence-electron chi connectivity index (χ4n) is 1.82. The number of furan rings is 1. The fraction of sp³-hybridized carbons (Fsp3) is 0.538. The third-order valence-corrected chi connectivity index (χ3v) is 2.84. The Morgan fingerprint density at radius 1 is 1.50 bits per heavy atom. The monoisotopic (exact) mass is 251 g/mol. The first-order chi connectivity index (χ1) is 8.72. The van der Waals surface area contributed by atoms with Gasteiger partial charge in [-0.2, -0.15) is 0 Å². The van der Waals surface area contributed by atoms with E-state index < -0.39 is 0 Å². The normalized spacial score (nSPS) is 14.3. The highest BCUT2D eigenvalue weighted by molar-refractivity contribution is 5.92. The van der Waals surface area contributed by atoms with Crippen LogP contribution >= 0.6 is 0 Å². The Hall–Kier alpha value is -1.78. The van der Waals surface area contributed by atoms with Crippen molar-refractivity contribution in [2.45, 2.75) is 32.2 Å². The zero-order valence-corrected chi connectivity index (χ0v) is 10.4. The molecular weight excluding hydrogens is 234 g/mol. The molecule has 1 aliphatic carbocycles. The lowest BCUT2D eigenvalue weighted by Gasteiger charge is -2.20. The lowest BCUT2D eigenvalue weighted by atomic mass is 10.3. The molecule has 5 heteroatoms. The number of rotatable bonds is 6. The van der Waals surface area contributed by atoms with Gasteiger partial charge < -0.3 is 14.1 Å². The molecule has 0 aliphatic heterocycles. The fourth-order valence-corrected chi connectivity index (χ4v) is 1.82. The lowest BCUT2D eigenvalue weighted by Crippen LogP contribution is -2.35. The first-order valence-electron chi connectivity index (χ1n) is 6.22. The van der Waals surface area contributed by atoms with Crippen molar-refractivity contribution in [1.82, 2.24) is 4.90 Å². The van der Waals surface area contributed by atoms with Gasteiger partial charge in [0.2, 0.25) is 0 Å². The van der Waals surface area contributed by atoms with Gasteiger partial charge in [-0.25, -0.2) is 0 Å². The summed E-state index contributed by atoms with van der Waals surface area (Å²) in [6.45, 7) is 2.53. The average Bonchev–Trinajstić information content (AvgIpc) is 3.04. The average molecular weight is 251 g/mol. The van der Waals surface area contributed by atoms with Gasteiger partial charge in [0.15, 0.2) is 5.76 Å². The number of esters is 1. The van der Waals surface area contributed by atoms with Crippen LogP contribution in [0.1, 0.15) is 36.7 Å². The summed E-state index contributed by atoms with van der Waals surface area (Å²) in [6, 6.07) is 3.57. The van der Waals surface area contributed by atoms with E-state index in [4.69, 9.17) is 9.15 Å². The van der Waals surface area contributed by atoms with Crippen LogP contribution in [0.5, 0.6) is 0 Å². The summed E-state index contributed by atoms with van der Waals surface area (Å²) in [6.07, 6.45) is 3.70. The largest absolute Gasteiger partial charge is 0.466 e. The summed E-state index contributed by atoms with van der Waals surface area (Å²) in [5.41, 5.74) is 0. The second-order valence-corrected chi connectivity index (χ2v) is 4.26. The minimum absolute atomic E-state index is 0.146. The van der Waals surface area contributed by atoms with Gasteiger partial charge in [-0.15, -0.1) is 0 Å². The molecule has 0 radical (unpaired) electrons. The van der Waals surface area contributed by atoms with E-state index in [0.717, 1.165) is 12.8 Å². The molecule has 0 atom stereocenters. The van der Waals surface area contributed by atoms with Gasteiger partial charge in [0, 0.05) is 12.6 Å². The topological polar surface area (TPSA) is 59.8 Å². The Balaban J connectivity index is 1.92. The van der Waals surface area contributed by atoms with Crippen molar-refractivity contribution in [3.05, 3.63) is 24.2 Å². The summed E-state index contributed by atoms with van der Waals surface area (Å²) in [5.74, 6) is -0.0899. The number of amides is 1. The van der Waals surface area contributed by atoms with E-state index in [0.29, 0.717) is 18.9 Å². The van der Waals surface area contributed by atoms with E-state index in [-0.39, 0.29) is 24.3 Å². The predicted molar refractivity (Wildman–Crippen MR) is 64.0 cm³/mol. The maximum Gasteiger partial charge on any atom is 0.307 e. The van der Waals surface area contributed by atoms with Crippen molar-refractivity contribution in [3.63, 3.8) is 0 Å². The molecule has 98 valence electrons. The molecule has 0 unspecified atom stereocenters. The molecule has 0 saturated heterocycles. The Morgan fingerprint density at radius 3 is 2.83 bits per heavy atom. The number of carbonyl (C=O) groups is 2. The second-order valence-electron chi connectivity index (χ2n) is 4.26. The molecule has 2 rings (SSSR count). The van der Waals surface area contributed by atoms with Crippen LogP contribution in [-0.4, -0.2) is 36.0 Å². The molecule has 1 fully saturated rings. The Kier molecular flexibility index (Phi) is 4.02. The third-order valence-electron chi connectivity index (χ3n) is 2.84. The van der Waals surface area contributed by atoms with Crippen molar-refractivity contribution in [3.8, 4) is 0 Å². The summed E-state index contributed by atoms with van der Waals surface area (Å²) < 4.78 is 9.96. The summed E-state index contributed by atoms with van der Waals surface area (Å²) in [5, 5.41) is 0.